The molecule has 2 aromatic carbocycles. The number of benzene rings is 2. The summed E-state index contributed by atoms with van der Waals surface area (Å²) in [7, 11) is 0. The molecule has 1 saturated heterocycles. The maximum Gasteiger partial charge on any atom is 0.169 e. The molecule has 2 aliphatic rings. The highest BCUT2D eigenvalue weighted by molar-refractivity contribution is 7.19. The Morgan fingerprint density at radius 3 is 2.14 bits per heavy atom. The molecule has 0 radical (unpaired) electrons. The van der Waals surface area contributed by atoms with Gasteiger partial charge in [-0.3, -0.25) is 4.98 Å². The zero-order chi connectivity index (χ0) is 24.4. The highest BCUT2D eigenvalue weighted by Crippen LogP contribution is 2.54. The van der Waals surface area contributed by atoms with Gasteiger partial charge in [-0.2, -0.15) is 0 Å². The quantitative estimate of drug-likeness (QED) is 0.297. The van der Waals surface area contributed by atoms with E-state index in [4.69, 9.17) is 9.47 Å². The lowest BCUT2D eigenvalue weighted by Gasteiger charge is -2.37. The Hall–Kier alpha value is -2.79. The molecule has 3 heterocycles. The van der Waals surface area contributed by atoms with Crippen molar-refractivity contribution < 1.29 is 9.47 Å². The molecule has 4 heteroatoms. The Morgan fingerprint density at radius 2 is 1.46 bits per heavy atom. The molecule has 1 aliphatic heterocycles. The summed E-state index contributed by atoms with van der Waals surface area (Å²) in [4.78, 5) is 5.86. The summed E-state index contributed by atoms with van der Waals surface area (Å²) >= 11 is 1.88. The summed E-state index contributed by atoms with van der Waals surface area (Å²) in [5.41, 5.74) is 4.98. The Morgan fingerprint density at radius 1 is 0.800 bits per heavy atom. The SMILES string of the molecule is CC1(C2OC(C)(C)C(C)(C)O2)CC=C(c2ccc(-c3ccccn3)cc2)c2c1sc1ccccc21. The van der Waals surface area contributed by atoms with E-state index in [1.165, 1.54) is 31.7 Å². The molecule has 35 heavy (non-hydrogen) atoms. The summed E-state index contributed by atoms with van der Waals surface area (Å²) in [6.07, 6.45) is 4.79. The van der Waals surface area contributed by atoms with E-state index >= 15 is 0 Å². The van der Waals surface area contributed by atoms with Crippen molar-refractivity contribution in [2.24, 2.45) is 0 Å². The van der Waals surface area contributed by atoms with E-state index in [2.05, 4.69) is 100 Å². The van der Waals surface area contributed by atoms with Gasteiger partial charge in [0.15, 0.2) is 6.29 Å². The first-order chi connectivity index (χ1) is 16.7. The second kappa shape index (κ2) is 7.86. The Bertz CT molecular complexity index is 1420. The van der Waals surface area contributed by atoms with Crippen molar-refractivity contribution in [3.05, 3.63) is 95.0 Å². The molecule has 178 valence electrons. The van der Waals surface area contributed by atoms with E-state index < -0.39 is 0 Å². The Balaban J connectivity index is 1.46. The van der Waals surface area contributed by atoms with E-state index in [0.29, 0.717) is 0 Å². The molecule has 0 saturated carbocycles. The lowest BCUT2D eigenvalue weighted by Crippen LogP contribution is -2.41. The third-order valence-corrected chi connectivity index (χ3v) is 9.49. The third kappa shape index (κ3) is 3.50. The van der Waals surface area contributed by atoms with Crippen LogP contribution in [0, 0.1) is 0 Å². The van der Waals surface area contributed by atoms with Crippen molar-refractivity contribution in [3.63, 3.8) is 0 Å². The number of nitrogens with zero attached hydrogens (tertiary/aromatic N) is 1. The van der Waals surface area contributed by atoms with Crippen LogP contribution in [0.5, 0.6) is 0 Å². The van der Waals surface area contributed by atoms with Gasteiger partial charge in [-0.05, 0) is 70.4 Å². The van der Waals surface area contributed by atoms with Crippen LogP contribution in [-0.2, 0) is 14.9 Å². The van der Waals surface area contributed by atoms with Gasteiger partial charge in [-0.1, -0.05) is 54.6 Å². The van der Waals surface area contributed by atoms with E-state index in [0.717, 1.165) is 17.7 Å². The molecule has 6 rings (SSSR count). The smallest absolute Gasteiger partial charge is 0.169 e. The normalized spacial score (nSPS) is 23.3. The van der Waals surface area contributed by atoms with Crippen LogP contribution in [0.15, 0.2) is 79.0 Å². The number of thiophene rings is 1. The first kappa shape index (κ1) is 22.7. The molecule has 0 bridgehead atoms. The van der Waals surface area contributed by atoms with Crippen LogP contribution in [0.3, 0.4) is 0 Å². The van der Waals surface area contributed by atoms with Gasteiger partial charge in [-0.15, -0.1) is 11.3 Å². The minimum absolute atomic E-state index is 0.262. The lowest BCUT2D eigenvalue weighted by atomic mass is 9.74. The molecule has 2 aromatic heterocycles. The van der Waals surface area contributed by atoms with E-state index in [1.54, 1.807) is 0 Å². The zero-order valence-corrected chi connectivity index (χ0v) is 21.8. The van der Waals surface area contributed by atoms with Gasteiger partial charge in [0.05, 0.1) is 22.3 Å². The summed E-state index contributed by atoms with van der Waals surface area (Å²) in [5.74, 6) is 0. The van der Waals surface area contributed by atoms with Crippen LogP contribution in [-0.4, -0.2) is 22.5 Å². The van der Waals surface area contributed by atoms with Gasteiger partial charge in [0.25, 0.3) is 0 Å². The molecule has 0 N–H and O–H groups in total. The number of aromatic nitrogens is 1. The number of pyridine rings is 1. The molecule has 3 nitrogen and oxygen atoms in total. The fraction of sp³-hybridized carbons (Fsp3) is 0.323. The third-order valence-electron chi connectivity index (χ3n) is 8.04. The monoisotopic (exact) mass is 481 g/mol. The Kier molecular flexibility index (Phi) is 5.09. The Labute approximate surface area is 211 Å². The first-order valence-corrected chi connectivity index (χ1v) is 13.1. The maximum atomic E-state index is 6.61. The van der Waals surface area contributed by atoms with Crippen molar-refractivity contribution >= 4 is 27.0 Å². The molecule has 1 aliphatic carbocycles. The summed E-state index contributed by atoms with van der Waals surface area (Å²) in [6, 6.07) is 23.6. The van der Waals surface area contributed by atoms with Crippen LogP contribution >= 0.6 is 11.3 Å². The molecule has 1 fully saturated rings. The van der Waals surface area contributed by atoms with Gasteiger partial charge in [0, 0.05) is 32.3 Å². The largest absolute Gasteiger partial charge is 0.343 e. The van der Waals surface area contributed by atoms with E-state index in [1.807, 2.05) is 29.7 Å². The highest BCUT2D eigenvalue weighted by atomic mass is 32.1. The molecule has 1 atom stereocenters. The van der Waals surface area contributed by atoms with Gasteiger partial charge >= 0.3 is 0 Å². The number of hydrogen-bond acceptors (Lipinski definition) is 4. The minimum atomic E-state index is -0.358. The molecular formula is C31H31NO2S. The van der Waals surface area contributed by atoms with Crippen LogP contribution in [0.25, 0.3) is 26.9 Å². The van der Waals surface area contributed by atoms with Gasteiger partial charge in [-0.25, -0.2) is 0 Å². The fourth-order valence-corrected chi connectivity index (χ4v) is 6.53. The number of hydrogen-bond donors (Lipinski definition) is 0. The van der Waals surface area contributed by atoms with Gasteiger partial charge in [0.2, 0.25) is 0 Å². The maximum absolute atomic E-state index is 6.61. The number of rotatable bonds is 3. The standard InChI is InChI=1S/C31H31NO2S/c1-29(2)30(3,4)34-28(33-29)31(5)18-17-22(26-23-10-6-7-12-25(23)35-27(26)31)20-13-15-21(16-14-20)24-11-8-9-19-32-24/h6-17,19,28H,18H2,1-5H3. The molecule has 1 unspecified atom stereocenters. The van der Waals surface area contributed by atoms with Crippen LogP contribution < -0.4 is 0 Å². The summed E-state index contributed by atoms with van der Waals surface area (Å²) in [6.45, 7) is 10.8. The molecule has 0 amide bonds. The first-order valence-electron chi connectivity index (χ1n) is 12.3. The van der Waals surface area contributed by atoms with Crippen LogP contribution in [0.1, 0.15) is 57.0 Å². The average molecular weight is 482 g/mol. The van der Waals surface area contributed by atoms with E-state index in [9.17, 15) is 0 Å². The lowest BCUT2D eigenvalue weighted by molar-refractivity contribution is -0.130. The topological polar surface area (TPSA) is 31.4 Å². The summed E-state index contributed by atoms with van der Waals surface area (Å²) < 4.78 is 14.5. The predicted octanol–water partition coefficient (Wildman–Crippen LogP) is 7.99. The number of fused-ring (bicyclic) bond motifs is 3. The van der Waals surface area contributed by atoms with Crippen molar-refractivity contribution in [3.8, 4) is 11.3 Å². The molecule has 4 aromatic rings. The number of allylic oxidation sites excluding steroid dienone is 1. The molecule has 0 spiro atoms. The van der Waals surface area contributed by atoms with Crippen LogP contribution in [0.2, 0.25) is 0 Å². The van der Waals surface area contributed by atoms with Crippen molar-refractivity contribution in [1.82, 2.24) is 4.98 Å². The second-order valence-corrected chi connectivity index (χ2v) is 12.0. The van der Waals surface area contributed by atoms with Crippen molar-refractivity contribution in [1.29, 1.82) is 0 Å². The highest BCUT2D eigenvalue weighted by Gasteiger charge is 2.56. The number of ether oxygens (including phenoxy) is 2. The van der Waals surface area contributed by atoms with Crippen molar-refractivity contribution in [2.45, 2.75) is 63.9 Å². The van der Waals surface area contributed by atoms with Gasteiger partial charge < -0.3 is 9.47 Å². The fourth-order valence-electron chi connectivity index (χ4n) is 5.15. The van der Waals surface area contributed by atoms with Crippen LogP contribution in [0.4, 0.5) is 0 Å². The second-order valence-electron chi connectivity index (χ2n) is 10.9. The summed E-state index contributed by atoms with van der Waals surface area (Å²) in [5, 5.41) is 1.30. The zero-order valence-electron chi connectivity index (χ0n) is 21.0. The predicted molar refractivity (Wildman–Crippen MR) is 145 cm³/mol. The van der Waals surface area contributed by atoms with E-state index in [-0.39, 0.29) is 22.9 Å². The van der Waals surface area contributed by atoms with Crippen molar-refractivity contribution in [2.75, 3.05) is 0 Å². The minimum Gasteiger partial charge on any atom is -0.343 e. The average Bonchev–Trinajstić information content (AvgIpc) is 3.35. The van der Waals surface area contributed by atoms with Gasteiger partial charge in [0.1, 0.15) is 0 Å². The molecular weight excluding hydrogens is 450 g/mol.